The molecule has 0 amide bonds. The molecule has 0 spiro atoms. The first-order valence-electron chi connectivity index (χ1n) is 7.52. The number of hydrogen-bond acceptors (Lipinski definition) is 2. The summed E-state index contributed by atoms with van der Waals surface area (Å²) in [5.74, 6) is 0. The van der Waals surface area contributed by atoms with Gasteiger partial charge in [-0.3, -0.25) is 4.57 Å². The zero-order chi connectivity index (χ0) is 15.5. The topological polar surface area (TPSA) is 17.8 Å². The molecular weight excluding hydrogens is 288 g/mol. The standard InChI is InChI=1S/C19H20N2S/c1-14(2)22-19-20-13-18(16-7-5-4-6-8-16)21(19)17-11-9-15(3)10-12-17/h4-14H,1-3H3. The van der Waals surface area contributed by atoms with E-state index >= 15 is 0 Å². The summed E-state index contributed by atoms with van der Waals surface area (Å²) in [5.41, 5.74) is 4.74. The molecular formula is C19H20N2S. The average Bonchev–Trinajstić information content (AvgIpc) is 2.92. The largest absolute Gasteiger partial charge is 0.287 e. The maximum absolute atomic E-state index is 4.66. The average molecular weight is 308 g/mol. The van der Waals surface area contributed by atoms with Gasteiger partial charge in [-0.2, -0.15) is 0 Å². The van der Waals surface area contributed by atoms with E-state index in [4.69, 9.17) is 0 Å². The monoisotopic (exact) mass is 308 g/mol. The maximum atomic E-state index is 4.66. The second-order valence-electron chi connectivity index (χ2n) is 5.63. The van der Waals surface area contributed by atoms with Gasteiger partial charge in [0.1, 0.15) is 0 Å². The van der Waals surface area contributed by atoms with E-state index in [2.05, 4.69) is 78.9 Å². The van der Waals surface area contributed by atoms with Crippen LogP contribution in [-0.2, 0) is 0 Å². The van der Waals surface area contributed by atoms with E-state index in [1.807, 2.05) is 12.3 Å². The molecule has 3 heteroatoms. The van der Waals surface area contributed by atoms with Gasteiger partial charge in [-0.15, -0.1) is 0 Å². The van der Waals surface area contributed by atoms with Crippen molar-refractivity contribution in [3.63, 3.8) is 0 Å². The summed E-state index contributed by atoms with van der Waals surface area (Å²) in [6, 6.07) is 19.1. The minimum absolute atomic E-state index is 0.496. The third-order valence-corrected chi connectivity index (χ3v) is 4.40. The third-order valence-electron chi connectivity index (χ3n) is 3.43. The highest BCUT2D eigenvalue weighted by molar-refractivity contribution is 7.99. The van der Waals surface area contributed by atoms with Crippen LogP contribution in [0.4, 0.5) is 0 Å². The summed E-state index contributed by atoms with van der Waals surface area (Å²) in [7, 11) is 0. The lowest BCUT2D eigenvalue weighted by Crippen LogP contribution is -2.01. The third kappa shape index (κ3) is 3.09. The van der Waals surface area contributed by atoms with E-state index in [0.29, 0.717) is 5.25 Å². The summed E-state index contributed by atoms with van der Waals surface area (Å²) < 4.78 is 2.25. The quantitative estimate of drug-likeness (QED) is 0.605. The van der Waals surface area contributed by atoms with Crippen molar-refractivity contribution in [2.24, 2.45) is 0 Å². The molecule has 1 aromatic heterocycles. The molecule has 0 N–H and O–H groups in total. The van der Waals surface area contributed by atoms with Gasteiger partial charge in [0.25, 0.3) is 0 Å². The van der Waals surface area contributed by atoms with Crippen molar-refractivity contribution in [3.05, 3.63) is 66.4 Å². The van der Waals surface area contributed by atoms with Crippen LogP contribution in [0.2, 0.25) is 0 Å². The van der Waals surface area contributed by atoms with Gasteiger partial charge in [0, 0.05) is 16.5 Å². The first kappa shape index (κ1) is 14.9. The Morgan fingerprint density at radius 2 is 1.64 bits per heavy atom. The number of nitrogens with zero attached hydrogens (tertiary/aromatic N) is 2. The highest BCUT2D eigenvalue weighted by Gasteiger charge is 2.14. The Hall–Kier alpha value is -2.00. The second-order valence-corrected chi connectivity index (χ2v) is 7.17. The van der Waals surface area contributed by atoms with E-state index in [1.165, 1.54) is 11.1 Å². The van der Waals surface area contributed by atoms with Gasteiger partial charge in [-0.05, 0) is 19.1 Å². The van der Waals surface area contributed by atoms with E-state index in [-0.39, 0.29) is 0 Å². The molecule has 0 aliphatic rings. The molecule has 0 saturated carbocycles. The number of aryl methyl sites for hydroxylation is 1. The minimum Gasteiger partial charge on any atom is -0.287 e. The van der Waals surface area contributed by atoms with Gasteiger partial charge in [0.15, 0.2) is 5.16 Å². The highest BCUT2D eigenvalue weighted by Crippen LogP contribution is 2.31. The fourth-order valence-electron chi connectivity index (χ4n) is 2.38. The van der Waals surface area contributed by atoms with Gasteiger partial charge < -0.3 is 0 Å². The molecule has 0 radical (unpaired) electrons. The smallest absolute Gasteiger partial charge is 0.173 e. The summed E-state index contributed by atoms with van der Waals surface area (Å²) in [6.45, 7) is 6.50. The molecule has 22 heavy (non-hydrogen) atoms. The number of rotatable bonds is 4. The van der Waals surface area contributed by atoms with Crippen molar-refractivity contribution < 1.29 is 0 Å². The number of benzene rings is 2. The Morgan fingerprint density at radius 1 is 0.955 bits per heavy atom. The van der Waals surface area contributed by atoms with Crippen LogP contribution >= 0.6 is 11.8 Å². The summed E-state index contributed by atoms with van der Waals surface area (Å²) in [4.78, 5) is 4.66. The summed E-state index contributed by atoms with van der Waals surface area (Å²) in [6.07, 6.45) is 1.97. The first-order valence-corrected chi connectivity index (χ1v) is 8.40. The number of imidazole rings is 1. The molecule has 0 unspecified atom stereocenters. The van der Waals surface area contributed by atoms with Crippen LogP contribution in [0.1, 0.15) is 19.4 Å². The van der Waals surface area contributed by atoms with Crippen LogP contribution in [0, 0.1) is 6.92 Å². The second kappa shape index (κ2) is 6.41. The van der Waals surface area contributed by atoms with Crippen molar-refractivity contribution in [1.29, 1.82) is 0 Å². The lowest BCUT2D eigenvalue weighted by atomic mass is 10.1. The van der Waals surface area contributed by atoms with Crippen molar-refractivity contribution in [2.75, 3.05) is 0 Å². The molecule has 112 valence electrons. The van der Waals surface area contributed by atoms with E-state index in [9.17, 15) is 0 Å². The lowest BCUT2D eigenvalue weighted by Gasteiger charge is -2.13. The van der Waals surface area contributed by atoms with Gasteiger partial charge in [-0.25, -0.2) is 4.98 Å². The van der Waals surface area contributed by atoms with Crippen LogP contribution in [0.15, 0.2) is 66.0 Å². The predicted molar refractivity (Wildman–Crippen MR) is 94.7 cm³/mol. The maximum Gasteiger partial charge on any atom is 0.173 e. The van der Waals surface area contributed by atoms with E-state index < -0.39 is 0 Å². The van der Waals surface area contributed by atoms with Crippen molar-refractivity contribution in [3.8, 4) is 16.9 Å². The van der Waals surface area contributed by atoms with Gasteiger partial charge in [0.2, 0.25) is 0 Å². The van der Waals surface area contributed by atoms with E-state index in [0.717, 1.165) is 16.5 Å². The van der Waals surface area contributed by atoms with Crippen molar-refractivity contribution in [2.45, 2.75) is 31.2 Å². The minimum atomic E-state index is 0.496. The van der Waals surface area contributed by atoms with Crippen LogP contribution in [0.25, 0.3) is 16.9 Å². The SMILES string of the molecule is Cc1ccc(-n2c(-c3ccccc3)cnc2SC(C)C)cc1. The van der Waals surface area contributed by atoms with Crippen LogP contribution < -0.4 is 0 Å². The fraction of sp³-hybridized carbons (Fsp3) is 0.211. The molecule has 1 heterocycles. The molecule has 0 fully saturated rings. The Morgan fingerprint density at radius 3 is 2.27 bits per heavy atom. The van der Waals surface area contributed by atoms with Gasteiger partial charge in [-0.1, -0.05) is 73.6 Å². The normalized spacial score (nSPS) is 11.1. The lowest BCUT2D eigenvalue weighted by molar-refractivity contribution is 0.892. The Bertz CT molecular complexity index is 743. The van der Waals surface area contributed by atoms with Crippen molar-refractivity contribution in [1.82, 2.24) is 9.55 Å². The molecule has 0 saturated heterocycles. The molecule has 2 aromatic carbocycles. The van der Waals surface area contributed by atoms with Gasteiger partial charge >= 0.3 is 0 Å². The molecule has 2 nitrogen and oxygen atoms in total. The Balaban J connectivity index is 2.15. The zero-order valence-corrected chi connectivity index (χ0v) is 14.0. The number of thioether (sulfide) groups is 1. The molecule has 3 aromatic rings. The highest BCUT2D eigenvalue weighted by atomic mass is 32.2. The van der Waals surface area contributed by atoms with Gasteiger partial charge in [0.05, 0.1) is 11.9 Å². The van der Waals surface area contributed by atoms with Crippen LogP contribution in [0.5, 0.6) is 0 Å². The fourth-order valence-corrected chi connectivity index (χ4v) is 3.23. The number of aromatic nitrogens is 2. The molecule has 0 aliphatic heterocycles. The molecule has 0 aliphatic carbocycles. The zero-order valence-electron chi connectivity index (χ0n) is 13.2. The molecule has 0 bridgehead atoms. The summed E-state index contributed by atoms with van der Waals surface area (Å²) in [5, 5.41) is 1.54. The van der Waals surface area contributed by atoms with E-state index in [1.54, 1.807) is 11.8 Å². The Labute approximate surface area is 136 Å². The van der Waals surface area contributed by atoms with Crippen LogP contribution in [-0.4, -0.2) is 14.8 Å². The number of hydrogen-bond donors (Lipinski definition) is 0. The van der Waals surface area contributed by atoms with Crippen molar-refractivity contribution >= 4 is 11.8 Å². The van der Waals surface area contributed by atoms with Crippen LogP contribution in [0.3, 0.4) is 0 Å². The summed E-state index contributed by atoms with van der Waals surface area (Å²) >= 11 is 1.79. The first-order chi connectivity index (χ1) is 10.6. The Kier molecular flexibility index (Phi) is 4.34. The molecule has 0 atom stereocenters. The predicted octanol–water partition coefficient (Wildman–Crippen LogP) is 5.35. The molecule has 3 rings (SSSR count).